The number of terminal acetylenes is 1. The van der Waals surface area contributed by atoms with E-state index in [-0.39, 0.29) is 52.8 Å². The normalized spacial score (nSPS) is 6.00. The summed E-state index contributed by atoms with van der Waals surface area (Å²) in [6.07, 6.45) is 2.80. The molecule has 0 heterocycles. The molecule has 64 valence electrons. The molecule has 6 heteroatoms. The van der Waals surface area contributed by atoms with Crippen molar-refractivity contribution in [2.75, 3.05) is 6.61 Å². The Balaban J connectivity index is -0.0000000600. The molecule has 5 nitrogen and oxygen atoms in total. The second-order valence-corrected chi connectivity index (χ2v) is 1.15. The molecule has 0 amide bonds. The molecule has 2 N–H and O–H groups in total. The van der Waals surface area contributed by atoms with Gasteiger partial charge in [-0.25, -0.2) is 9.59 Å². The van der Waals surface area contributed by atoms with Crippen molar-refractivity contribution < 1.29 is 77.4 Å². The van der Waals surface area contributed by atoms with E-state index in [9.17, 15) is 4.79 Å². The van der Waals surface area contributed by atoms with Gasteiger partial charge in [0.2, 0.25) is 0 Å². The summed E-state index contributed by atoms with van der Waals surface area (Å²) in [5.41, 5.74) is 0. The van der Waals surface area contributed by atoms with Crippen molar-refractivity contribution in [2.24, 2.45) is 0 Å². The zero-order valence-corrected chi connectivity index (χ0v) is 10.0. The number of rotatable bonds is 1. The maximum atomic E-state index is 9.95. The largest absolute Gasteiger partial charge is 1.00 e. The molecule has 0 aliphatic rings. The van der Waals surface area contributed by atoms with Crippen molar-refractivity contribution in [3.8, 4) is 12.3 Å². The average Bonchev–Trinajstić information content (AvgIpc) is 1.87. The second kappa shape index (κ2) is 13.5. The van der Waals surface area contributed by atoms with Crippen LogP contribution in [0.3, 0.4) is 0 Å². The summed E-state index contributed by atoms with van der Waals surface area (Å²) in [5.74, 6) is 1.21. The Bertz CT molecular complexity index is 172. The van der Waals surface area contributed by atoms with Crippen LogP contribution in [0, 0.1) is 12.3 Å². The number of esters is 1. The molecule has 0 aliphatic carbocycles. The third-order valence-corrected chi connectivity index (χ3v) is 0.393. The standard InChI is InChI=1S/C5H6O2.CH2O3.K.H/c1-3-5(6)7-4-2;2-1(3)4;;/h1H,4H2,2H3;(H2,2,3,4);;/q;;+1;-1. The van der Waals surface area contributed by atoms with Crippen molar-refractivity contribution in [3.63, 3.8) is 0 Å². The topological polar surface area (TPSA) is 83.8 Å². The fraction of sp³-hybridized carbons (Fsp3) is 0.333. The van der Waals surface area contributed by atoms with Gasteiger partial charge in [-0.3, -0.25) is 0 Å². The Morgan fingerprint density at radius 3 is 2.00 bits per heavy atom. The Morgan fingerprint density at radius 2 is 1.92 bits per heavy atom. The van der Waals surface area contributed by atoms with E-state index in [0.717, 1.165) is 0 Å². The van der Waals surface area contributed by atoms with Gasteiger partial charge in [0.05, 0.1) is 6.61 Å². The van der Waals surface area contributed by atoms with Gasteiger partial charge in [0.25, 0.3) is 0 Å². The van der Waals surface area contributed by atoms with Crippen LogP contribution in [0.2, 0.25) is 0 Å². The average molecular weight is 200 g/mol. The van der Waals surface area contributed by atoms with Gasteiger partial charge in [-0.15, -0.1) is 6.42 Å². The molecule has 0 fully saturated rings. The first-order chi connectivity index (χ1) is 5.04. The van der Waals surface area contributed by atoms with Gasteiger partial charge >= 0.3 is 63.5 Å². The van der Waals surface area contributed by atoms with Crippen LogP contribution in [0.25, 0.3) is 0 Å². The van der Waals surface area contributed by atoms with Gasteiger partial charge in [0.1, 0.15) is 0 Å². The van der Waals surface area contributed by atoms with Crippen LogP contribution in [0.1, 0.15) is 8.35 Å². The number of carbonyl (C=O) groups excluding carboxylic acids is 1. The minimum Gasteiger partial charge on any atom is -1.00 e. The minimum atomic E-state index is -1.83. The maximum Gasteiger partial charge on any atom is 1.00 e. The summed E-state index contributed by atoms with van der Waals surface area (Å²) in [7, 11) is 0. The van der Waals surface area contributed by atoms with Crippen LogP contribution in [-0.2, 0) is 9.53 Å². The molecule has 0 aromatic carbocycles. The summed E-state index contributed by atoms with van der Waals surface area (Å²) in [6.45, 7) is 2.05. The van der Waals surface area contributed by atoms with Crippen molar-refractivity contribution in [1.29, 1.82) is 0 Å². The molecule has 12 heavy (non-hydrogen) atoms. The quantitative estimate of drug-likeness (QED) is 0.212. The van der Waals surface area contributed by atoms with Gasteiger partial charge in [-0.1, -0.05) is 0 Å². The molecule has 0 spiro atoms. The van der Waals surface area contributed by atoms with Crippen LogP contribution >= 0.6 is 0 Å². The fourth-order valence-electron chi connectivity index (χ4n) is 0.173. The van der Waals surface area contributed by atoms with E-state index in [1.807, 2.05) is 0 Å². The van der Waals surface area contributed by atoms with Gasteiger partial charge in [0, 0.05) is 5.92 Å². The third-order valence-electron chi connectivity index (χ3n) is 0.393. The summed E-state index contributed by atoms with van der Waals surface area (Å²) >= 11 is 0. The predicted octanol–water partition coefficient (Wildman–Crippen LogP) is -2.48. The minimum absolute atomic E-state index is 0. The van der Waals surface area contributed by atoms with Crippen LogP contribution in [-0.4, -0.2) is 28.9 Å². The number of hydrogen-bond acceptors (Lipinski definition) is 3. The first kappa shape index (κ1) is 17.9. The maximum absolute atomic E-state index is 9.95. The molecule has 0 rings (SSSR count). The number of carboxylic acid groups (broad SMARTS) is 2. The van der Waals surface area contributed by atoms with Crippen molar-refractivity contribution >= 4 is 12.1 Å². The zero-order chi connectivity index (χ0) is 9.28. The number of ether oxygens (including phenoxy) is 1. The Labute approximate surface area is 114 Å². The van der Waals surface area contributed by atoms with Gasteiger partial charge in [-0.05, 0) is 6.92 Å². The van der Waals surface area contributed by atoms with Crippen molar-refractivity contribution in [3.05, 3.63) is 0 Å². The Hall–Kier alpha value is -0.0636. The van der Waals surface area contributed by atoms with Crippen LogP contribution in [0.15, 0.2) is 0 Å². The molecule has 0 aromatic heterocycles. The summed E-state index contributed by atoms with van der Waals surface area (Å²) < 4.78 is 4.32. The van der Waals surface area contributed by atoms with E-state index in [2.05, 4.69) is 11.2 Å². The van der Waals surface area contributed by atoms with E-state index in [1.54, 1.807) is 12.8 Å². The van der Waals surface area contributed by atoms with E-state index in [4.69, 9.17) is 15.0 Å². The predicted molar refractivity (Wildman–Crippen MR) is 37.2 cm³/mol. The number of carbonyl (C=O) groups is 2. The van der Waals surface area contributed by atoms with E-state index in [0.29, 0.717) is 6.61 Å². The Kier molecular flexibility index (Phi) is 20.1. The SMILES string of the molecule is C#CC(=O)OCC.O=C(O)O.[H-].[K+]. The molecule has 0 aromatic rings. The summed E-state index contributed by atoms with van der Waals surface area (Å²) in [6, 6.07) is 0. The molecular weight excluding hydrogens is 191 g/mol. The molecular formula is C6H9KO5. The van der Waals surface area contributed by atoms with Gasteiger partial charge < -0.3 is 16.4 Å². The third kappa shape index (κ3) is 32.6. The monoisotopic (exact) mass is 200 g/mol. The number of hydrogen-bond donors (Lipinski definition) is 2. The zero-order valence-electron chi connectivity index (χ0n) is 7.90. The van der Waals surface area contributed by atoms with E-state index >= 15 is 0 Å². The molecule has 0 radical (unpaired) electrons. The molecule has 0 saturated heterocycles. The van der Waals surface area contributed by atoms with Crippen molar-refractivity contribution in [1.82, 2.24) is 0 Å². The van der Waals surface area contributed by atoms with E-state index in [1.165, 1.54) is 0 Å². The molecule has 0 saturated carbocycles. The van der Waals surface area contributed by atoms with Crippen LogP contribution in [0.5, 0.6) is 0 Å². The van der Waals surface area contributed by atoms with Crippen LogP contribution in [0.4, 0.5) is 4.79 Å². The van der Waals surface area contributed by atoms with Gasteiger partial charge in [0.15, 0.2) is 0 Å². The summed E-state index contributed by atoms with van der Waals surface area (Å²) in [5, 5.41) is 13.9. The first-order valence-electron chi connectivity index (χ1n) is 2.59. The second-order valence-electron chi connectivity index (χ2n) is 1.15. The van der Waals surface area contributed by atoms with E-state index < -0.39 is 12.1 Å². The first-order valence-corrected chi connectivity index (χ1v) is 2.59. The molecule has 0 atom stereocenters. The van der Waals surface area contributed by atoms with Crippen molar-refractivity contribution in [2.45, 2.75) is 6.92 Å². The van der Waals surface area contributed by atoms with Gasteiger partial charge in [-0.2, -0.15) is 0 Å². The molecule has 0 unspecified atom stereocenters. The smallest absolute Gasteiger partial charge is 1.00 e. The Morgan fingerprint density at radius 1 is 1.58 bits per heavy atom. The molecule has 0 aliphatic heterocycles. The van der Waals surface area contributed by atoms with Crippen LogP contribution < -0.4 is 51.4 Å². The fourth-order valence-corrected chi connectivity index (χ4v) is 0.173. The summed E-state index contributed by atoms with van der Waals surface area (Å²) in [4.78, 5) is 18.5. The molecule has 0 bridgehead atoms.